The van der Waals surface area contributed by atoms with Crippen LogP contribution in [0.1, 0.15) is 24.0 Å². The molecule has 0 N–H and O–H groups in total. The Morgan fingerprint density at radius 1 is 1.47 bits per heavy atom. The number of piperidine rings is 1. The molecule has 1 saturated heterocycles. The van der Waals surface area contributed by atoms with E-state index < -0.39 is 0 Å². The third kappa shape index (κ3) is 2.75. The smallest absolute Gasteiger partial charge is 0.123 e. The molecule has 2 rings (SSSR count). The number of hydrogen-bond acceptors (Lipinski definition) is 1. The van der Waals surface area contributed by atoms with Gasteiger partial charge in [0.1, 0.15) is 5.82 Å². The first kappa shape index (κ1) is 12.3. The molecule has 0 spiro atoms. The van der Waals surface area contributed by atoms with Crippen molar-refractivity contribution in [1.29, 1.82) is 0 Å². The minimum absolute atomic E-state index is 0.167. The SMILES string of the molecule is C=C(c1ccc(F)cc1C)C1CCCN(C)C1. The molecule has 1 atom stereocenters. The van der Waals surface area contributed by atoms with Gasteiger partial charge in [0.15, 0.2) is 0 Å². The molecule has 2 heteroatoms. The number of nitrogens with zero attached hydrogens (tertiary/aromatic N) is 1. The van der Waals surface area contributed by atoms with Crippen LogP contribution in [0.25, 0.3) is 5.57 Å². The first-order valence-electron chi connectivity index (χ1n) is 6.22. The third-order valence-electron chi connectivity index (χ3n) is 3.65. The Hall–Kier alpha value is -1.15. The van der Waals surface area contributed by atoms with Gasteiger partial charge in [-0.3, -0.25) is 0 Å². The zero-order valence-corrected chi connectivity index (χ0v) is 10.7. The van der Waals surface area contributed by atoms with Gasteiger partial charge >= 0.3 is 0 Å². The van der Waals surface area contributed by atoms with E-state index in [1.54, 1.807) is 6.07 Å². The van der Waals surface area contributed by atoms with Gasteiger partial charge in [-0.25, -0.2) is 4.39 Å². The topological polar surface area (TPSA) is 3.24 Å². The van der Waals surface area contributed by atoms with Crippen molar-refractivity contribution >= 4 is 5.57 Å². The highest BCUT2D eigenvalue weighted by Crippen LogP contribution is 2.30. The van der Waals surface area contributed by atoms with E-state index in [-0.39, 0.29) is 5.82 Å². The predicted molar refractivity (Wildman–Crippen MR) is 70.4 cm³/mol. The molecule has 1 aromatic rings. The van der Waals surface area contributed by atoms with E-state index in [1.807, 2.05) is 13.0 Å². The fourth-order valence-corrected chi connectivity index (χ4v) is 2.66. The van der Waals surface area contributed by atoms with Crippen molar-refractivity contribution in [2.45, 2.75) is 19.8 Å². The standard InChI is InChI=1S/C15H20FN/c1-11-9-14(16)6-7-15(11)12(2)13-5-4-8-17(3)10-13/h6-7,9,13H,2,4-5,8,10H2,1,3H3. The van der Waals surface area contributed by atoms with E-state index in [4.69, 9.17) is 0 Å². The Balaban J connectivity index is 2.18. The molecule has 17 heavy (non-hydrogen) atoms. The molecule has 0 bridgehead atoms. The summed E-state index contributed by atoms with van der Waals surface area (Å²) in [4.78, 5) is 2.35. The molecule has 1 aromatic carbocycles. The second-order valence-electron chi connectivity index (χ2n) is 5.09. The summed E-state index contributed by atoms with van der Waals surface area (Å²) >= 11 is 0. The second-order valence-corrected chi connectivity index (χ2v) is 5.09. The van der Waals surface area contributed by atoms with Gasteiger partial charge in [0, 0.05) is 6.54 Å². The minimum Gasteiger partial charge on any atom is -0.306 e. The lowest BCUT2D eigenvalue weighted by molar-refractivity contribution is 0.242. The molecule has 0 amide bonds. The molecule has 1 heterocycles. The van der Waals surface area contributed by atoms with Gasteiger partial charge in [-0.2, -0.15) is 0 Å². The number of likely N-dealkylation sites (tertiary alicyclic amines) is 1. The summed E-state index contributed by atoms with van der Waals surface area (Å²) in [5.74, 6) is 0.345. The zero-order chi connectivity index (χ0) is 12.4. The predicted octanol–water partition coefficient (Wildman–Crippen LogP) is 3.49. The lowest BCUT2D eigenvalue weighted by atomic mass is 9.86. The summed E-state index contributed by atoms with van der Waals surface area (Å²) in [6.07, 6.45) is 2.42. The van der Waals surface area contributed by atoms with Crippen LogP contribution >= 0.6 is 0 Å². The van der Waals surface area contributed by atoms with Crippen molar-refractivity contribution in [3.63, 3.8) is 0 Å². The Morgan fingerprint density at radius 3 is 2.88 bits per heavy atom. The first-order valence-corrected chi connectivity index (χ1v) is 6.22. The fourth-order valence-electron chi connectivity index (χ4n) is 2.66. The molecule has 0 aromatic heterocycles. The Labute approximate surface area is 103 Å². The van der Waals surface area contributed by atoms with Crippen LogP contribution in [0.4, 0.5) is 4.39 Å². The lowest BCUT2D eigenvalue weighted by Gasteiger charge is -2.31. The van der Waals surface area contributed by atoms with E-state index in [2.05, 4.69) is 18.5 Å². The van der Waals surface area contributed by atoms with E-state index in [1.165, 1.54) is 25.5 Å². The Bertz CT molecular complexity index is 425. The maximum absolute atomic E-state index is 13.1. The van der Waals surface area contributed by atoms with Gasteiger partial charge in [0.25, 0.3) is 0 Å². The van der Waals surface area contributed by atoms with Crippen LogP contribution in [0, 0.1) is 18.7 Å². The Kier molecular flexibility index (Phi) is 3.63. The van der Waals surface area contributed by atoms with Gasteiger partial charge in [-0.05, 0) is 68.1 Å². The van der Waals surface area contributed by atoms with Crippen LogP contribution in [0.2, 0.25) is 0 Å². The molecule has 92 valence electrons. The van der Waals surface area contributed by atoms with E-state index in [0.717, 1.165) is 23.2 Å². The summed E-state index contributed by atoms with van der Waals surface area (Å²) in [6.45, 7) is 8.42. The van der Waals surface area contributed by atoms with Crippen LogP contribution < -0.4 is 0 Å². The number of rotatable bonds is 2. The molecule has 1 unspecified atom stereocenters. The average molecular weight is 233 g/mol. The van der Waals surface area contributed by atoms with E-state index in [9.17, 15) is 4.39 Å². The zero-order valence-electron chi connectivity index (χ0n) is 10.7. The maximum atomic E-state index is 13.1. The average Bonchev–Trinajstić information content (AvgIpc) is 2.28. The Morgan fingerprint density at radius 2 is 2.24 bits per heavy atom. The number of halogens is 1. The van der Waals surface area contributed by atoms with Crippen LogP contribution in [0.5, 0.6) is 0 Å². The summed E-state index contributed by atoms with van der Waals surface area (Å²) in [7, 11) is 2.15. The normalized spacial score (nSPS) is 21.5. The van der Waals surface area contributed by atoms with Crippen molar-refractivity contribution in [3.05, 3.63) is 41.7 Å². The maximum Gasteiger partial charge on any atom is 0.123 e. The van der Waals surface area contributed by atoms with Crippen molar-refractivity contribution in [1.82, 2.24) is 4.90 Å². The van der Waals surface area contributed by atoms with Gasteiger partial charge in [-0.15, -0.1) is 0 Å². The van der Waals surface area contributed by atoms with E-state index in [0.29, 0.717) is 5.92 Å². The molecule has 0 radical (unpaired) electrons. The molecule has 1 aliphatic rings. The largest absolute Gasteiger partial charge is 0.306 e. The van der Waals surface area contributed by atoms with Crippen LogP contribution in [0.3, 0.4) is 0 Å². The van der Waals surface area contributed by atoms with Crippen LogP contribution in [-0.4, -0.2) is 25.0 Å². The van der Waals surface area contributed by atoms with Crippen molar-refractivity contribution in [2.75, 3.05) is 20.1 Å². The highest BCUT2D eigenvalue weighted by Gasteiger charge is 2.21. The lowest BCUT2D eigenvalue weighted by Crippen LogP contribution is -2.32. The molecule has 0 saturated carbocycles. The number of aryl methyl sites for hydroxylation is 1. The molecule has 1 nitrogen and oxygen atoms in total. The van der Waals surface area contributed by atoms with Gasteiger partial charge in [0.2, 0.25) is 0 Å². The highest BCUT2D eigenvalue weighted by molar-refractivity contribution is 5.68. The summed E-state index contributed by atoms with van der Waals surface area (Å²) in [6, 6.07) is 4.98. The van der Waals surface area contributed by atoms with Crippen LogP contribution in [0.15, 0.2) is 24.8 Å². The van der Waals surface area contributed by atoms with E-state index >= 15 is 0 Å². The van der Waals surface area contributed by atoms with Crippen molar-refractivity contribution < 1.29 is 4.39 Å². The van der Waals surface area contributed by atoms with Crippen molar-refractivity contribution in [2.24, 2.45) is 5.92 Å². The summed E-state index contributed by atoms with van der Waals surface area (Å²) < 4.78 is 13.1. The summed E-state index contributed by atoms with van der Waals surface area (Å²) in [5, 5.41) is 0. The first-order chi connectivity index (χ1) is 8.08. The fraction of sp³-hybridized carbons (Fsp3) is 0.467. The minimum atomic E-state index is -0.167. The molecule has 1 aliphatic heterocycles. The van der Waals surface area contributed by atoms with Crippen molar-refractivity contribution in [3.8, 4) is 0 Å². The number of hydrogen-bond donors (Lipinski definition) is 0. The molecular formula is C15H20FN. The quantitative estimate of drug-likeness (QED) is 0.756. The second kappa shape index (κ2) is 5.01. The molecule has 0 aliphatic carbocycles. The highest BCUT2D eigenvalue weighted by atomic mass is 19.1. The van der Waals surface area contributed by atoms with Gasteiger partial charge in [-0.1, -0.05) is 12.6 Å². The monoisotopic (exact) mass is 233 g/mol. The van der Waals surface area contributed by atoms with Gasteiger partial charge < -0.3 is 4.90 Å². The van der Waals surface area contributed by atoms with Gasteiger partial charge in [0.05, 0.1) is 0 Å². The molecule has 1 fully saturated rings. The summed E-state index contributed by atoms with van der Waals surface area (Å²) in [5.41, 5.74) is 3.27. The molecular weight excluding hydrogens is 213 g/mol. The van der Waals surface area contributed by atoms with Crippen LogP contribution in [-0.2, 0) is 0 Å². The number of benzene rings is 1. The third-order valence-corrected chi connectivity index (χ3v) is 3.65.